The number of methoxy groups -OCH3 is 1. The summed E-state index contributed by atoms with van der Waals surface area (Å²) in [6.07, 6.45) is 5.48. The van der Waals surface area contributed by atoms with Crippen LogP contribution in [0.1, 0.15) is 63.1 Å². The van der Waals surface area contributed by atoms with E-state index in [-0.39, 0.29) is 23.1 Å². The van der Waals surface area contributed by atoms with Gasteiger partial charge in [0.05, 0.1) is 11.3 Å². The van der Waals surface area contributed by atoms with Crippen LogP contribution in [0.15, 0.2) is 54.0 Å². The van der Waals surface area contributed by atoms with Gasteiger partial charge < -0.3 is 15.2 Å². The number of benzene rings is 1. The molecule has 0 saturated heterocycles. The van der Waals surface area contributed by atoms with Crippen molar-refractivity contribution in [3.8, 4) is 0 Å². The molecule has 1 aliphatic carbocycles. The number of pyridine rings is 1. The summed E-state index contributed by atoms with van der Waals surface area (Å²) < 4.78 is 5.44. The number of allylic oxidation sites excluding steroid dienone is 3. The molecule has 2 N–H and O–H groups in total. The zero-order valence-electron chi connectivity index (χ0n) is 18.7. The van der Waals surface area contributed by atoms with E-state index in [1.165, 1.54) is 38.9 Å². The Morgan fingerprint density at radius 2 is 2.17 bits per heavy atom. The molecular formula is C26H32N2O2. The summed E-state index contributed by atoms with van der Waals surface area (Å²) in [6.45, 7) is 13.4. The molecular weight excluding hydrogens is 372 g/mol. The van der Waals surface area contributed by atoms with E-state index in [0.29, 0.717) is 13.0 Å². The average Bonchev–Trinajstić information content (AvgIpc) is 2.69. The smallest absolute Gasteiger partial charge is 0.0871 e. The first kappa shape index (κ1) is 20.7. The van der Waals surface area contributed by atoms with Crippen LogP contribution in [0.5, 0.6) is 0 Å². The Morgan fingerprint density at radius 1 is 1.40 bits per heavy atom. The highest BCUT2D eigenvalue weighted by molar-refractivity contribution is 5.95. The van der Waals surface area contributed by atoms with Crippen LogP contribution in [0, 0.1) is 0 Å². The molecule has 0 radical (unpaired) electrons. The molecule has 1 aromatic heterocycles. The zero-order valence-corrected chi connectivity index (χ0v) is 18.7. The highest BCUT2D eigenvalue weighted by Gasteiger charge is 2.43. The van der Waals surface area contributed by atoms with Gasteiger partial charge in [-0.3, -0.25) is 4.98 Å². The van der Waals surface area contributed by atoms with E-state index >= 15 is 0 Å². The van der Waals surface area contributed by atoms with Crippen molar-refractivity contribution in [3.63, 3.8) is 0 Å². The molecule has 0 spiro atoms. The summed E-state index contributed by atoms with van der Waals surface area (Å²) in [5.74, 6) is 0.409. The molecule has 0 bridgehead atoms. The van der Waals surface area contributed by atoms with Crippen molar-refractivity contribution < 1.29 is 9.84 Å². The van der Waals surface area contributed by atoms with Gasteiger partial charge in [-0.1, -0.05) is 32.6 Å². The van der Waals surface area contributed by atoms with Crippen molar-refractivity contribution >= 4 is 16.6 Å². The molecule has 4 heteroatoms. The third-order valence-corrected chi connectivity index (χ3v) is 6.86. The third-order valence-electron chi connectivity index (χ3n) is 6.86. The Morgan fingerprint density at radius 3 is 2.83 bits per heavy atom. The monoisotopic (exact) mass is 404 g/mol. The zero-order chi connectivity index (χ0) is 21.6. The lowest BCUT2D eigenvalue weighted by Gasteiger charge is -2.46. The first-order valence-corrected chi connectivity index (χ1v) is 10.7. The number of fused-ring (bicyclic) bond motifs is 2. The van der Waals surface area contributed by atoms with Gasteiger partial charge in [-0.25, -0.2) is 0 Å². The van der Waals surface area contributed by atoms with Gasteiger partial charge in [0.15, 0.2) is 0 Å². The maximum Gasteiger partial charge on any atom is 0.0871 e. The van der Waals surface area contributed by atoms with Gasteiger partial charge in [-0.05, 0) is 54.7 Å². The largest absolute Gasteiger partial charge is 0.513 e. The predicted molar refractivity (Wildman–Crippen MR) is 124 cm³/mol. The maximum absolute atomic E-state index is 10.0. The second kappa shape index (κ2) is 7.59. The third kappa shape index (κ3) is 3.05. The quantitative estimate of drug-likeness (QED) is 0.622. The Labute approximate surface area is 179 Å². The molecule has 0 amide bonds. The number of aliphatic hydroxyl groups is 1. The molecule has 2 aliphatic rings. The minimum absolute atomic E-state index is 0.0587. The molecule has 0 saturated carbocycles. The van der Waals surface area contributed by atoms with Crippen LogP contribution < -0.4 is 5.32 Å². The molecule has 1 aromatic carbocycles. The van der Waals surface area contributed by atoms with E-state index in [9.17, 15) is 5.11 Å². The Kier molecular flexibility index (Phi) is 5.23. The Hall–Kier alpha value is -2.59. The van der Waals surface area contributed by atoms with Crippen molar-refractivity contribution in [1.29, 1.82) is 0 Å². The van der Waals surface area contributed by atoms with Crippen LogP contribution in [-0.4, -0.2) is 29.8 Å². The van der Waals surface area contributed by atoms with Crippen LogP contribution in [0.25, 0.3) is 16.6 Å². The normalized spacial score (nSPS) is 23.4. The minimum Gasteiger partial charge on any atom is -0.513 e. The fourth-order valence-corrected chi connectivity index (χ4v) is 5.69. The summed E-state index contributed by atoms with van der Waals surface area (Å²) in [6, 6.07) is 6.53. The second-order valence-corrected chi connectivity index (χ2v) is 9.02. The Bertz CT molecular complexity index is 1080. The first-order valence-electron chi connectivity index (χ1n) is 10.7. The second-order valence-electron chi connectivity index (χ2n) is 9.02. The van der Waals surface area contributed by atoms with Crippen molar-refractivity contribution in [2.75, 3.05) is 13.7 Å². The van der Waals surface area contributed by atoms with Gasteiger partial charge in [0.1, 0.15) is 0 Å². The van der Waals surface area contributed by atoms with E-state index in [4.69, 9.17) is 9.72 Å². The number of aromatic nitrogens is 1. The summed E-state index contributed by atoms with van der Waals surface area (Å²) in [7, 11) is 1.74. The highest BCUT2D eigenvalue weighted by atomic mass is 16.5. The van der Waals surface area contributed by atoms with Crippen molar-refractivity contribution in [2.24, 2.45) is 0 Å². The molecule has 2 heterocycles. The van der Waals surface area contributed by atoms with E-state index < -0.39 is 0 Å². The van der Waals surface area contributed by atoms with Crippen molar-refractivity contribution in [1.82, 2.24) is 10.3 Å². The minimum atomic E-state index is -0.129. The number of nitrogens with zero attached hydrogens (tertiary/aromatic N) is 1. The van der Waals surface area contributed by atoms with E-state index in [1.807, 2.05) is 12.3 Å². The van der Waals surface area contributed by atoms with E-state index in [0.717, 1.165) is 11.9 Å². The molecule has 30 heavy (non-hydrogen) atoms. The molecule has 2 aromatic rings. The van der Waals surface area contributed by atoms with Crippen molar-refractivity contribution in [2.45, 2.75) is 57.9 Å². The fourth-order valence-electron chi connectivity index (χ4n) is 5.69. The summed E-state index contributed by atoms with van der Waals surface area (Å²) in [5.41, 5.74) is 8.64. The number of nitrogens with one attached hydrogen (secondary N) is 1. The van der Waals surface area contributed by atoms with Crippen LogP contribution in [0.2, 0.25) is 0 Å². The van der Waals surface area contributed by atoms with Gasteiger partial charge >= 0.3 is 0 Å². The number of ether oxygens (including phenoxy) is 1. The van der Waals surface area contributed by atoms with Gasteiger partial charge in [0.2, 0.25) is 0 Å². The SMILES string of the molecule is C=C(O)CC1NC2=C(C)/C(=C\C)C(C)(C)c3c2c(cc2ncccc32)C1CCOC. The van der Waals surface area contributed by atoms with Crippen LogP contribution in [0.3, 0.4) is 0 Å². The van der Waals surface area contributed by atoms with Gasteiger partial charge in [0.25, 0.3) is 0 Å². The lowest BCUT2D eigenvalue weighted by atomic mass is 9.63. The molecule has 0 fully saturated rings. The maximum atomic E-state index is 10.0. The lowest BCUT2D eigenvalue weighted by molar-refractivity contribution is 0.180. The van der Waals surface area contributed by atoms with Crippen LogP contribution in [0.4, 0.5) is 0 Å². The van der Waals surface area contributed by atoms with Crippen LogP contribution >= 0.6 is 0 Å². The lowest BCUT2D eigenvalue weighted by Crippen LogP contribution is -2.43. The summed E-state index contributed by atoms with van der Waals surface area (Å²) in [5, 5.41) is 15.0. The average molecular weight is 405 g/mol. The number of rotatable bonds is 5. The van der Waals surface area contributed by atoms with E-state index in [1.54, 1.807) is 7.11 Å². The number of aliphatic hydroxyl groups excluding tert-OH is 1. The topological polar surface area (TPSA) is 54.4 Å². The van der Waals surface area contributed by atoms with E-state index in [2.05, 4.69) is 57.8 Å². The first-order chi connectivity index (χ1) is 14.3. The standard InChI is InChI=1S/C26H32N2O2/c1-7-20-16(3)25-23-19(17(10-12-30-6)22(28-25)13-15(2)29)14-21-18(9-8-11-27-21)24(23)26(20,4)5/h7-9,11,14,17,22,28-29H,2,10,12-13H2,1,3-6H3/b20-7+. The number of hydrogen-bond donors (Lipinski definition) is 2. The molecule has 4 rings (SSSR count). The molecule has 158 valence electrons. The summed E-state index contributed by atoms with van der Waals surface area (Å²) >= 11 is 0. The fraction of sp³-hybridized carbons (Fsp3) is 0.423. The number of hydrogen-bond acceptors (Lipinski definition) is 4. The highest BCUT2D eigenvalue weighted by Crippen LogP contribution is 2.53. The predicted octanol–water partition coefficient (Wildman–Crippen LogP) is 5.76. The van der Waals surface area contributed by atoms with Crippen LogP contribution in [-0.2, 0) is 10.2 Å². The molecule has 4 nitrogen and oxygen atoms in total. The van der Waals surface area contributed by atoms with Gasteiger partial charge in [-0.15, -0.1) is 0 Å². The van der Waals surface area contributed by atoms with Gasteiger partial charge in [0, 0.05) is 60.4 Å². The Balaban J connectivity index is 2.09. The van der Waals surface area contributed by atoms with Crippen molar-refractivity contribution in [3.05, 3.63) is 70.6 Å². The molecule has 1 aliphatic heterocycles. The molecule has 2 unspecified atom stereocenters. The van der Waals surface area contributed by atoms with Gasteiger partial charge in [-0.2, -0.15) is 0 Å². The molecule has 2 atom stereocenters. The summed E-state index contributed by atoms with van der Waals surface area (Å²) in [4.78, 5) is 4.73.